The van der Waals surface area contributed by atoms with Crippen LogP contribution >= 0.6 is 11.8 Å². The van der Waals surface area contributed by atoms with Crippen LogP contribution in [0.3, 0.4) is 0 Å². The van der Waals surface area contributed by atoms with E-state index in [1.807, 2.05) is 0 Å². The number of carbonyl (C=O) groups is 2. The zero-order valence-corrected chi connectivity index (χ0v) is 13.0. The highest BCUT2D eigenvalue weighted by molar-refractivity contribution is 7.98. The number of hydrogen-bond acceptors (Lipinski definition) is 5. The van der Waals surface area contributed by atoms with Crippen LogP contribution in [0, 0.1) is 10.1 Å². The van der Waals surface area contributed by atoms with E-state index in [2.05, 4.69) is 0 Å². The number of likely N-dealkylation sites (tertiary alicyclic amines) is 1. The van der Waals surface area contributed by atoms with Crippen molar-refractivity contribution in [2.24, 2.45) is 5.73 Å². The van der Waals surface area contributed by atoms with Gasteiger partial charge in [0.15, 0.2) is 0 Å². The Morgan fingerprint density at radius 2 is 2.14 bits per heavy atom. The molecular formula is C14H17N3O4S. The van der Waals surface area contributed by atoms with Gasteiger partial charge < -0.3 is 10.6 Å². The second-order valence-corrected chi connectivity index (χ2v) is 5.90. The van der Waals surface area contributed by atoms with Gasteiger partial charge in [0.2, 0.25) is 5.91 Å². The van der Waals surface area contributed by atoms with Gasteiger partial charge in [0, 0.05) is 18.2 Å². The van der Waals surface area contributed by atoms with Crippen molar-refractivity contribution in [1.82, 2.24) is 4.90 Å². The molecule has 2 N–H and O–H groups in total. The summed E-state index contributed by atoms with van der Waals surface area (Å²) >= 11 is 1.24. The van der Waals surface area contributed by atoms with Gasteiger partial charge in [-0.25, -0.2) is 0 Å². The second kappa shape index (κ2) is 6.78. The third kappa shape index (κ3) is 3.22. The Balaban J connectivity index is 2.34. The van der Waals surface area contributed by atoms with E-state index in [9.17, 15) is 19.7 Å². The minimum Gasteiger partial charge on any atom is -0.368 e. The van der Waals surface area contributed by atoms with Crippen molar-refractivity contribution in [3.63, 3.8) is 0 Å². The van der Waals surface area contributed by atoms with Gasteiger partial charge in [-0.3, -0.25) is 19.7 Å². The molecule has 1 fully saturated rings. The number of primary amides is 1. The Bertz CT molecular complexity index is 620. The fourth-order valence-electron chi connectivity index (χ4n) is 2.60. The van der Waals surface area contributed by atoms with Crippen LogP contribution in [-0.4, -0.2) is 40.5 Å². The van der Waals surface area contributed by atoms with Gasteiger partial charge in [0.05, 0.1) is 9.82 Å². The molecule has 1 unspecified atom stereocenters. The minimum atomic E-state index is -0.638. The van der Waals surface area contributed by atoms with Crippen LogP contribution in [0.4, 0.5) is 5.69 Å². The molecule has 1 aliphatic rings. The molecule has 0 aliphatic carbocycles. The largest absolute Gasteiger partial charge is 0.368 e. The number of nitro groups is 1. The van der Waals surface area contributed by atoms with E-state index in [1.165, 1.54) is 22.7 Å². The summed E-state index contributed by atoms with van der Waals surface area (Å²) in [6.45, 7) is 0.435. The molecule has 0 bridgehead atoms. The average Bonchev–Trinajstić information content (AvgIpc) is 2.53. The Morgan fingerprint density at radius 3 is 2.73 bits per heavy atom. The van der Waals surface area contributed by atoms with E-state index in [0.29, 0.717) is 17.9 Å². The summed E-state index contributed by atoms with van der Waals surface area (Å²) in [7, 11) is 0. The van der Waals surface area contributed by atoms with Gasteiger partial charge in [-0.2, -0.15) is 0 Å². The van der Waals surface area contributed by atoms with E-state index in [1.54, 1.807) is 18.4 Å². The van der Waals surface area contributed by atoms with Gasteiger partial charge in [0.25, 0.3) is 11.6 Å². The second-order valence-electron chi connectivity index (χ2n) is 5.06. The van der Waals surface area contributed by atoms with Crippen molar-refractivity contribution in [1.29, 1.82) is 0 Å². The number of thioether (sulfide) groups is 1. The van der Waals surface area contributed by atoms with Gasteiger partial charge in [-0.1, -0.05) is 0 Å². The summed E-state index contributed by atoms with van der Waals surface area (Å²) in [5.41, 5.74) is 5.45. The van der Waals surface area contributed by atoms with Crippen LogP contribution in [0.5, 0.6) is 0 Å². The lowest BCUT2D eigenvalue weighted by molar-refractivity contribution is -0.387. The average molecular weight is 323 g/mol. The number of hydrogen-bond donors (Lipinski definition) is 1. The third-order valence-electron chi connectivity index (χ3n) is 3.71. The minimum absolute atomic E-state index is 0.106. The molecule has 1 saturated heterocycles. The lowest BCUT2D eigenvalue weighted by Crippen LogP contribution is -2.50. The highest BCUT2D eigenvalue weighted by atomic mass is 32.2. The van der Waals surface area contributed by atoms with Crippen molar-refractivity contribution in [2.45, 2.75) is 30.2 Å². The van der Waals surface area contributed by atoms with Crippen molar-refractivity contribution >= 4 is 29.3 Å². The Labute approximate surface area is 132 Å². The summed E-state index contributed by atoms with van der Waals surface area (Å²) < 4.78 is 0. The molecule has 0 saturated carbocycles. The molecule has 118 valence electrons. The molecule has 1 aromatic rings. The third-order valence-corrected chi connectivity index (χ3v) is 4.50. The number of nitrogens with zero attached hydrogens (tertiary/aromatic N) is 2. The number of amides is 2. The van der Waals surface area contributed by atoms with Gasteiger partial charge in [-0.05, 0) is 37.7 Å². The highest BCUT2D eigenvalue weighted by Gasteiger charge is 2.32. The molecule has 2 amide bonds. The molecule has 1 aliphatic heterocycles. The first kappa shape index (κ1) is 16.3. The lowest BCUT2D eigenvalue weighted by atomic mass is 10.00. The Kier molecular flexibility index (Phi) is 5.02. The van der Waals surface area contributed by atoms with Crippen molar-refractivity contribution in [3.05, 3.63) is 33.9 Å². The van der Waals surface area contributed by atoms with Gasteiger partial charge >= 0.3 is 0 Å². The first-order chi connectivity index (χ1) is 10.5. The molecule has 0 aromatic heterocycles. The van der Waals surface area contributed by atoms with Crippen LogP contribution in [0.1, 0.15) is 29.6 Å². The van der Waals surface area contributed by atoms with Crippen molar-refractivity contribution in [2.75, 3.05) is 12.8 Å². The fourth-order valence-corrected chi connectivity index (χ4v) is 3.15. The van der Waals surface area contributed by atoms with Crippen LogP contribution in [0.15, 0.2) is 23.1 Å². The first-order valence-corrected chi connectivity index (χ1v) is 8.11. The molecule has 1 atom stereocenters. The molecule has 1 heterocycles. The topological polar surface area (TPSA) is 107 Å². The molecule has 8 heteroatoms. The van der Waals surface area contributed by atoms with Gasteiger partial charge in [0.1, 0.15) is 6.04 Å². The van der Waals surface area contributed by atoms with Crippen molar-refractivity contribution < 1.29 is 14.5 Å². The molecule has 0 radical (unpaired) electrons. The van der Waals surface area contributed by atoms with Gasteiger partial charge in [-0.15, -0.1) is 11.8 Å². The zero-order chi connectivity index (χ0) is 16.3. The predicted octanol–water partition coefficient (Wildman–Crippen LogP) is 1.80. The normalized spacial score (nSPS) is 18.0. The van der Waals surface area contributed by atoms with Crippen LogP contribution in [-0.2, 0) is 4.79 Å². The highest BCUT2D eigenvalue weighted by Crippen LogP contribution is 2.29. The first-order valence-electron chi connectivity index (χ1n) is 6.88. The Morgan fingerprint density at radius 1 is 1.41 bits per heavy atom. The number of piperidine rings is 1. The molecular weight excluding hydrogens is 306 g/mol. The number of benzene rings is 1. The summed E-state index contributed by atoms with van der Waals surface area (Å²) in [4.78, 5) is 36.6. The Hall–Kier alpha value is -2.09. The number of rotatable bonds is 4. The predicted molar refractivity (Wildman–Crippen MR) is 82.7 cm³/mol. The summed E-state index contributed by atoms with van der Waals surface area (Å²) in [6.07, 6.45) is 3.90. The molecule has 2 rings (SSSR count). The standard InChI is InChI=1S/C14H17N3O4S/c1-22-12-6-5-9(8-11(12)17(20)21)14(19)16-7-3-2-4-10(16)13(15)18/h5-6,8,10H,2-4,7H2,1H3,(H2,15,18). The van der Waals surface area contributed by atoms with Crippen molar-refractivity contribution in [3.8, 4) is 0 Å². The molecule has 7 nitrogen and oxygen atoms in total. The quantitative estimate of drug-likeness (QED) is 0.516. The maximum atomic E-state index is 12.6. The SMILES string of the molecule is CSc1ccc(C(=O)N2CCCCC2C(N)=O)cc1[N+](=O)[O-]. The lowest BCUT2D eigenvalue weighted by Gasteiger charge is -2.33. The monoisotopic (exact) mass is 323 g/mol. The zero-order valence-electron chi connectivity index (χ0n) is 12.2. The maximum absolute atomic E-state index is 12.6. The maximum Gasteiger partial charge on any atom is 0.283 e. The van der Waals surface area contributed by atoms with E-state index < -0.39 is 16.9 Å². The van der Waals surface area contributed by atoms with E-state index in [-0.39, 0.29) is 17.2 Å². The van der Waals surface area contributed by atoms with Crippen LogP contribution in [0.2, 0.25) is 0 Å². The summed E-state index contributed by atoms with van der Waals surface area (Å²) in [6, 6.07) is 3.73. The van der Waals surface area contributed by atoms with E-state index >= 15 is 0 Å². The fraction of sp³-hybridized carbons (Fsp3) is 0.429. The molecule has 1 aromatic carbocycles. The number of nitrogens with two attached hydrogens (primary N) is 1. The smallest absolute Gasteiger partial charge is 0.283 e. The van der Waals surface area contributed by atoms with Crippen LogP contribution in [0.25, 0.3) is 0 Å². The summed E-state index contributed by atoms with van der Waals surface area (Å²) in [5, 5.41) is 11.1. The van der Waals surface area contributed by atoms with E-state index in [4.69, 9.17) is 5.73 Å². The molecule has 22 heavy (non-hydrogen) atoms. The van der Waals surface area contributed by atoms with E-state index in [0.717, 1.165) is 12.8 Å². The number of carbonyl (C=O) groups excluding carboxylic acids is 2. The summed E-state index contributed by atoms with van der Waals surface area (Å²) in [5.74, 6) is -0.928. The van der Waals surface area contributed by atoms with Crippen LogP contribution < -0.4 is 5.73 Å². The number of nitro benzene ring substituents is 1. The molecule has 0 spiro atoms.